The largest absolute Gasteiger partial charge is 0.356 e. The number of hydrogen-bond acceptors (Lipinski definition) is 5. The number of fused-ring (bicyclic) bond motifs is 1. The Labute approximate surface area is 137 Å². The first-order chi connectivity index (χ1) is 11.1. The molecule has 1 aromatic heterocycles. The molecule has 0 amide bonds. The van der Waals surface area contributed by atoms with E-state index in [4.69, 9.17) is 0 Å². The first kappa shape index (κ1) is 14.2. The van der Waals surface area contributed by atoms with Crippen molar-refractivity contribution in [1.82, 2.24) is 14.3 Å². The molecule has 23 heavy (non-hydrogen) atoms. The van der Waals surface area contributed by atoms with E-state index < -0.39 is 10.0 Å². The van der Waals surface area contributed by atoms with Crippen LogP contribution in [0.2, 0.25) is 0 Å². The standard InChI is InChI=1S/C16H22N4O2S/c21-23(22,14-3-4-14)20-8-12-6-19(7-13(12)9-20)16-5-15(11-1-2-11)17-10-18-16/h5,10-14H,1-4,6-9H2. The number of aromatic nitrogens is 2. The van der Waals surface area contributed by atoms with Gasteiger partial charge in [0, 0.05) is 43.9 Å². The molecular formula is C16H22N4O2S. The van der Waals surface area contributed by atoms with Gasteiger partial charge >= 0.3 is 0 Å². The second kappa shape index (κ2) is 4.89. The predicted molar refractivity (Wildman–Crippen MR) is 86.7 cm³/mol. The number of anilines is 1. The molecule has 2 atom stereocenters. The monoisotopic (exact) mass is 334 g/mol. The van der Waals surface area contributed by atoms with E-state index in [1.54, 1.807) is 10.6 Å². The van der Waals surface area contributed by atoms with Crippen molar-refractivity contribution in [2.45, 2.75) is 36.9 Å². The normalized spacial score (nSPS) is 31.6. The molecule has 3 heterocycles. The average molecular weight is 334 g/mol. The smallest absolute Gasteiger partial charge is 0.217 e. The summed E-state index contributed by atoms with van der Waals surface area (Å²) in [6.07, 6.45) is 5.88. The first-order valence-electron chi connectivity index (χ1n) is 8.67. The molecule has 2 unspecified atom stereocenters. The van der Waals surface area contributed by atoms with Crippen molar-refractivity contribution in [3.63, 3.8) is 0 Å². The van der Waals surface area contributed by atoms with E-state index in [-0.39, 0.29) is 5.25 Å². The van der Waals surface area contributed by atoms with Gasteiger partial charge in [0.1, 0.15) is 12.1 Å². The summed E-state index contributed by atoms with van der Waals surface area (Å²) >= 11 is 0. The minimum Gasteiger partial charge on any atom is -0.356 e. The van der Waals surface area contributed by atoms with E-state index in [9.17, 15) is 8.42 Å². The Balaban J connectivity index is 1.29. The van der Waals surface area contributed by atoms with E-state index in [1.807, 2.05) is 0 Å². The summed E-state index contributed by atoms with van der Waals surface area (Å²) in [4.78, 5) is 11.2. The minimum absolute atomic E-state index is 0.0830. The highest BCUT2D eigenvalue weighted by molar-refractivity contribution is 7.90. The highest BCUT2D eigenvalue weighted by atomic mass is 32.2. The van der Waals surface area contributed by atoms with Gasteiger partial charge in [0.2, 0.25) is 10.0 Å². The van der Waals surface area contributed by atoms with Crippen molar-refractivity contribution < 1.29 is 8.42 Å². The van der Waals surface area contributed by atoms with E-state index in [2.05, 4.69) is 20.9 Å². The van der Waals surface area contributed by atoms with Crippen LogP contribution in [-0.4, -0.2) is 54.1 Å². The van der Waals surface area contributed by atoms with Gasteiger partial charge in [-0.25, -0.2) is 22.7 Å². The molecular weight excluding hydrogens is 312 g/mol. The van der Waals surface area contributed by atoms with Crippen molar-refractivity contribution in [2.24, 2.45) is 11.8 Å². The molecule has 4 fully saturated rings. The summed E-state index contributed by atoms with van der Waals surface area (Å²) in [7, 11) is -3.01. The summed E-state index contributed by atoms with van der Waals surface area (Å²) in [5.74, 6) is 2.55. The number of hydrogen-bond donors (Lipinski definition) is 0. The zero-order chi connectivity index (χ0) is 15.6. The Morgan fingerprint density at radius 1 is 0.957 bits per heavy atom. The van der Waals surface area contributed by atoms with Crippen LogP contribution in [0.15, 0.2) is 12.4 Å². The lowest BCUT2D eigenvalue weighted by Gasteiger charge is -2.22. The van der Waals surface area contributed by atoms with Gasteiger partial charge in [0.05, 0.1) is 5.25 Å². The molecule has 5 rings (SSSR count). The first-order valence-corrected chi connectivity index (χ1v) is 10.2. The molecule has 0 spiro atoms. The van der Waals surface area contributed by atoms with Crippen LogP contribution in [0.4, 0.5) is 5.82 Å². The molecule has 0 N–H and O–H groups in total. The van der Waals surface area contributed by atoms with Crippen molar-refractivity contribution in [1.29, 1.82) is 0 Å². The predicted octanol–water partition coefficient (Wildman–Crippen LogP) is 1.21. The summed E-state index contributed by atoms with van der Waals surface area (Å²) in [5.41, 5.74) is 1.17. The van der Waals surface area contributed by atoms with Gasteiger partial charge in [-0.3, -0.25) is 0 Å². The van der Waals surface area contributed by atoms with Crippen molar-refractivity contribution >= 4 is 15.8 Å². The second-order valence-corrected chi connectivity index (χ2v) is 9.77. The summed E-state index contributed by atoms with van der Waals surface area (Å²) in [6, 6.07) is 2.14. The summed E-state index contributed by atoms with van der Waals surface area (Å²) in [6.45, 7) is 3.23. The van der Waals surface area contributed by atoms with E-state index in [0.717, 1.165) is 31.7 Å². The van der Waals surface area contributed by atoms with Crippen LogP contribution < -0.4 is 4.90 Å². The van der Waals surface area contributed by atoms with Crippen molar-refractivity contribution in [3.05, 3.63) is 18.1 Å². The number of sulfonamides is 1. The SMILES string of the molecule is O=S(=O)(C1CC1)N1CC2CN(c3cc(C4CC4)ncn3)CC2C1. The molecule has 2 saturated carbocycles. The van der Waals surface area contributed by atoms with Gasteiger partial charge in [0.25, 0.3) is 0 Å². The molecule has 7 heteroatoms. The second-order valence-electron chi connectivity index (χ2n) is 7.56. The molecule has 124 valence electrons. The lowest BCUT2D eigenvalue weighted by atomic mass is 10.0. The van der Waals surface area contributed by atoms with Crippen LogP contribution in [0, 0.1) is 11.8 Å². The third-order valence-electron chi connectivity index (χ3n) is 5.75. The zero-order valence-corrected chi connectivity index (χ0v) is 14.0. The third-order valence-corrected chi connectivity index (χ3v) is 8.08. The van der Waals surface area contributed by atoms with Gasteiger partial charge in [-0.05, 0) is 37.5 Å². The molecule has 2 aliphatic heterocycles. The Bertz CT molecular complexity index is 715. The van der Waals surface area contributed by atoms with Crippen LogP contribution in [0.25, 0.3) is 0 Å². The van der Waals surface area contributed by atoms with Gasteiger partial charge in [-0.1, -0.05) is 0 Å². The van der Waals surface area contributed by atoms with E-state index in [0.29, 0.717) is 30.8 Å². The molecule has 0 aromatic carbocycles. The summed E-state index contributed by atoms with van der Waals surface area (Å²) < 4.78 is 26.5. The highest BCUT2D eigenvalue weighted by Gasteiger charge is 2.48. The third kappa shape index (κ3) is 2.45. The van der Waals surface area contributed by atoms with Gasteiger partial charge in [-0.2, -0.15) is 0 Å². The van der Waals surface area contributed by atoms with Crippen LogP contribution in [-0.2, 0) is 10.0 Å². The fourth-order valence-electron chi connectivity index (χ4n) is 4.06. The zero-order valence-electron chi connectivity index (χ0n) is 13.1. The molecule has 4 aliphatic rings. The van der Waals surface area contributed by atoms with Gasteiger partial charge in [0.15, 0.2) is 0 Å². The van der Waals surface area contributed by atoms with E-state index in [1.165, 1.54) is 18.5 Å². The Morgan fingerprint density at radius 3 is 2.26 bits per heavy atom. The molecule has 1 aromatic rings. The molecule has 6 nitrogen and oxygen atoms in total. The lowest BCUT2D eigenvalue weighted by molar-refractivity contribution is 0.452. The van der Waals surface area contributed by atoms with Crippen LogP contribution in [0.3, 0.4) is 0 Å². The average Bonchev–Trinajstić information content (AvgIpc) is 3.43. The van der Waals surface area contributed by atoms with Crippen LogP contribution >= 0.6 is 0 Å². The molecule has 0 radical (unpaired) electrons. The fraction of sp³-hybridized carbons (Fsp3) is 0.750. The van der Waals surface area contributed by atoms with Gasteiger partial charge in [-0.15, -0.1) is 0 Å². The molecule has 2 aliphatic carbocycles. The van der Waals surface area contributed by atoms with E-state index >= 15 is 0 Å². The fourth-order valence-corrected chi connectivity index (χ4v) is 6.01. The number of nitrogens with zero attached hydrogens (tertiary/aromatic N) is 4. The molecule has 2 saturated heterocycles. The quantitative estimate of drug-likeness (QED) is 0.828. The Hall–Kier alpha value is -1.21. The topological polar surface area (TPSA) is 66.4 Å². The highest BCUT2D eigenvalue weighted by Crippen LogP contribution is 2.41. The molecule has 0 bridgehead atoms. The van der Waals surface area contributed by atoms with Crippen LogP contribution in [0.5, 0.6) is 0 Å². The lowest BCUT2D eigenvalue weighted by Crippen LogP contribution is -2.35. The van der Waals surface area contributed by atoms with Crippen molar-refractivity contribution in [2.75, 3.05) is 31.1 Å². The minimum atomic E-state index is -3.01. The van der Waals surface area contributed by atoms with Crippen LogP contribution in [0.1, 0.15) is 37.3 Å². The maximum atomic E-state index is 12.4. The van der Waals surface area contributed by atoms with Gasteiger partial charge < -0.3 is 4.90 Å². The maximum absolute atomic E-state index is 12.4. The maximum Gasteiger partial charge on any atom is 0.217 e. The Morgan fingerprint density at radius 2 is 1.65 bits per heavy atom. The summed E-state index contributed by atoms with van der Waals surface area (Å²) in [5, 5.41) is -0.0830. The Kier molecular flexibility index (Phi) is 3.01. The van der Waals surface area contributed by atoms with Crippen molar-refractivity contribution in [3.8, 4) is 0 Å². The number of rotatable bonds is 4.